The van der Waals surface area contributed by atoms with Gasteiger partial charge in [-0.15, -0.1) is 0 Å². The Bertz CT molecular complexity index is 530. The van der Waals surface area contributed by atoms with Crippen molar-refractivity contribution >= 4 is 21.6 Å². The van der Waals surface area contributed by atoms with Crippen LogP contribution in [-0.2, 0) is 16.6 Å². The van der Waals surface area contributed by atoms with Gasteiger partial charge in [-0.1, -0.05) is 32.4 Å². The van der Waals surface area contributed by atoms with E-state index >= 15 is 0 Å². The van der Waals surface area contributed by atoms with Crippen LogP contribution in [0.4, 0.5) is 0 Å². The van der Waals surface area contributed by atoms with Crippen molar-refractivity contribution in [3.8, 4) is 0 Å². The maximum atomic E-state index is 12.2. The van der Waals surface area contributed by atoms with Gasteiger partial charge in [0.05, 0.1) is 4.90 Å². The predicted molar refractivity (Wildman–Crippen MR) is 83.5 cm³/mol. The van der Waals surface area contributed by atoms with Crippen LogP contribution >= 0.6 is 11.6 Å². The summed E-state index contributed by atoms with van der Waals surface area (Å²) in [6, 6.07) is 4.80. The van der Waals surface area contributed by atoms with Crippen LogP contribution in [0.15, 0.2) is 23.1 Å². The van der Waals surface area contributed by atoms with Gasteiger partial charge in [-0.2, -0.15) is 0 Å². The highest BCUT2D eigenvalue weighted by molar-refractivity contribution is 7.89. The molecule has 0 fully saturated rings. The fraction of sp³-hybridized carbons (Fsp3) is 0.571. The average Bonchev–Trinajstić information content (AvgIpc) is 2.36. The molecule has 0 aromatic heterocycles. The first-order chi connectivity index (χ1) is 9.36. The molecular formula is C14H23ClN2O2S. The smallest absolute Gasteiger partial charge is 0.240 e. The summed E-state index contributed by atoms with van der Waals surface area (Å²) in [5.41, 5.74) is 0.792. The number of hydrogen-bond acceptors (Lipinski definition) is 3. The van der Waals surface area contributed by atoms with E-state index in [0.29, 0.717) is 24.0 Å². The van der Waals surface area contributed by atoms with Crippen molar-refractivity contribution < 1.29 is 8.42 Å². The van der Waals surface area contributed by atoms with Crippen molar-refractivity contribution in [1.29, 1.82) is 0 Å². The van der Waals surface area contributed by atoms with Gasteiger partial charge in [0.25, 0.3) is 0 Å². The molecule has 0 atom stereocenters. The molecule has 4 nitrogen and oxygen atoms in total. The molecule has 20 heavy (non-hydrogen) atoms. The summed E-state index contributed by atoms with van der Waals surface area (Å²) in [6.45, 7) is 7.92. The van der Waals surface area contributed by atoms with Gasteiger partial charge in [-0.3, -0.25) is 0 Å². The molecule has 0 saturated heterocycles. The van der Waals surface area contributed by atoms with Gasteiger partial charge >= 0.3 is 0 Å². The molecule has 0 bridgehead atoms. The van der Waals surface area contributed by atoms with E-state index in [0.717, 1.165) is 18.5 Å². The maximum Gasteiger partial charge on any atom is 0.240 e. The van der Waals surface area contributed by atoms with Crippen LogP contribution in [0.1, 0.15) is 32.8 Å². The number of hydrogen-bond donors (Lipinski definition) is 2. The van der Waals surface area contributed by atoms with Gasteiger partial charge in [-0.05, 0) is 42.6 Å². The van der Waals surface area contributed by atoms with E-state index in [2.05, 4.69) is 23.9 Å². The summed E-state index contributed by atoms with van der Waals surface area (Å²) in [5.74, 6) is 0.465. The molecule has 0 heterocycles. The third-order valence-electron chi connectivity index (χ3n) is 2.91. The molecule has 0 radical (unpaired) electrons. The zero-order chi connectivity index (χ0) is 15.2. The lowest BCUT2D eigenvalue weighted by molar-refractivity contribution is 0.551. The minimum atomic E-state index is -3.46. The first-order valence-corrected chi connectivity index (χ1v) is 8.71. The third-order valence-corrected chi connectivity index (χ3v) is 4.73. The van der Waals surface area contributed by atoms with Gasteiger partial charge < -0.3 is 5.32 Å². The topological polar surface area (TPSA) is 58.2 Å². The van der Waals surface area contributed by atoms with Crippen LogP contribution in [0.25, 0.3) is 0 Å². The molecule has 0 unspecified atom stereocenters. The van der Waals surface area contributed by atoms with Crippen LogP contribution in [0.5, 0.6) is 0 Å². The zero-order valence-corrected chi connectivity index (χ0v) is 13.8. The summed E-state index contributed by atoms with van der Waals surface area (Å²) in [7, 11) is -3.46. The maximum absolute atomic E-state index is 12.2. The summed E-state index contributed by atoms with van der Waals surface area (Å²) in [5, 5.41) is 3.72. The Kier molecular flexibility index (Phi) is 6.95. The van der Waals surface area contributed by atoms with Crippen molar-refractivity contribution in [2.75, 3.05) is 13.1 Å². The molecule has 1 aromatic carbocycles. The molecule has 0 aliphatic carbocycles. The van der Waals surface area contributed by atoms with Crippen LogP contribution < -0.4 is 10.0 Å². The molecule has 1 rings (SSSR count). The normalized spacial score (nSPS) is 12.1. The minimum Gasteiger partial charge on any atom is -0.313 e. The van der Waals surface area contributed by atoms with Gasteiger partial charge in [0, 0.05) is 18.1 Å². The number of sulfonamides is 1. The molecule has 2 N–H and O–H groups in total. The van der Waals surface area contributed by atoms with Gasteiger partial charge in [0.1, 0.15) is 0 Å². The molecular weight excluding hydrogens is 296 g/mol. The lowest BCUT2D eigenvalue weighted by Gasteiger charge is -2.11. The zero-order valence-electron chi connectivity index (χ0n) is 12.2. The average molecular weight is 319 g/mol. The van der Waals surface area contributed by atoms with Crippen molar-refractivity contribution in [3.05, 3.63) is 28.8 Å². The fourth-order valence-corrected chi connectivity index (χ4v) is 2.96. The van der Waals surface area contributed by atoms with Crippen molar-refractivity contribution in [3.63, 3.8) is 0 Å². The molecule has 6 heteroatoms. The monoisotopic (exact) mass is 318 g/mol. The fourth-order valence-electron chi connectivity index (χ4n) is 1.68. The number of benzene rings is 1. The predicted octanol–water partition coefficient (Wildman–Crippen LogP) is 2.77. The second-order valence-electron chi connectivity index (χ2n) is 5.11. The highest BCUT2D eigenvalue weighted by Gasteiger charge is 2.15. The van der Waals surface area contributed by atoms with E-state index < -0.39 is 10.0 Å². The second-order valence-corrected chi connectivity index (χ2v) is 7.29. The Balaban J connectivity index is 2.83. The molecule has 0 saturated carbocycles. The van der Waals surface area contributed by atoms with Crippen molar-refractivity contribution in [1.82, 2.24) is 10.0 Å². The summed E-state index contributed by atoms with van der Waals surface area (Å²) in [6.07, 6.45) is 0.817. The quantitative estimate of drug-likeness (QED) is 0.775. The lowest BCUT2D eigenvalue weighted by Crippen LogP contribution is -2.26. The molecule has 0 spiro atoms. The first-order valence-electron chi connectivity index (χ1n) is 6.85. The SMILES string of the molecule is CCNCc1cc(S(=O)(=O)NCCC(C)C)ccc1Cl. The number of halogens is 1. The summed E-state index contributed by atoms with van der Waals surface area (Å²) in [4.78, 5) is 0.263. The van der Waals surface area contributed by atoms with Gasteiger partial charge in [-0.25, -0.2) is 13.1 Å². The van der Waals surface area contributed by atoms with Crippen LogP contribution in [0.3, 0.4) is 0 Å². The lowest BCUT2D eigenvalue weighted by atomic mass is 10.1. The van der Waals surface area contributed by atoms with E-state index in [1.54, 1.807) is 12.1 Å². The van der Waals surface area contributed by atoms with Gasteiger partial charge in [0.15, 0.2) is 0 Å². The summed E-state index contributed by atoms with van der Waals surface area (Å²) >= 11 is 6.07. The third kappa shape index (κ3) is 5.40. The van der Waals surface area contributed by atoms with E-state index in [1.165, 1.54) is 6.07 Å². The Morgan fingerprint density at radius 1 is 1.30 bits per heavy atom. The molecule has 0 amide bonds. The molecule has 0 aliphatic heterocycles. The Labute approximate surface area is 127 Å². The summed E-state index contributed by atoms with van der Waals surface area (Å²) < 4.78 is 27.0. The highest BCUT2D eigenvalue weighted by Crippen LogP contribution is 2.20. The molecule has 0 aliphatic rings. The van der Waals surface area contributed by atoms with E-state index in [9.17, 15) is 8.42 Å². The second kappa shape index (κ2) is 7.98. The molecule has 114 valence electrons. The van der Waals surface area contributed by atoms with Crippen LogP contribution in [0, 0.1) is 5.92 Å². The standard InChI is InChI=1S/C14H23ClN2O2S/c1-4-16-10-12-9-13(5-6-14(12)15)20(18,19)17-8-7-11(2)3/h5-6,9,11,16-17H,4,7-8,10H2,1-3H3. The Hall–Kier alpha value is -0.620. The van der Waals surface area contributed by atoms with E-state index in [-0.39, 0.29) is 4.90 Å². The van der Waals surface area contributed by atoms with Gasteiger partial charge in [0.2, 0.25) is 10.0 Å². The van der Waals surface area contributed by atoms with Crippen molar-refractivity contribution in [2.45, 2.75) is 38.6 Å². The van der Waals surface area contributed by atoms with Crippen LogP contribution in [-0.4, -0.2) is 21.5 Å². The minimum absolute atomic E-state index is 0.263. The van der Waals surface area contributed by atoms with E-state index in [4.69, 9.17) is 11.6 Å². The largest absolute Gasteiger partial charge is 0.313 e. The van der Waals surface area contributed by atoms with E-state index in [1.807, 2.05) is 6.92 Å². The Morgan fingerprint density at radius 3 is 2.60 bits per heavy atom. The number of rotatable bonds is 8. The van der Waals surface area contributed by atoms with Crippen molar-refractivity contribution in [2.24, 2.45) is 5.92 Å². The highest BCUT2D eigenvalue weighted by atomic mass is 35.5. The first kappa shape index (κ1) is 17.4. The Morgan fingerprint density at radius 2 is 2.00 bits per heavy atom. The number of nitrogens with one attached hydrogen (secondary N) is 2. The molecule has 1 aromatic rings. The van der Waals surface area contributed by atoms with Crippen LogP contribution in [0.2, 0.25) is 5.02 Å².